The van der Waals surface area contributed by atoms with Gasteiger partial charge >= 0.3 is 5.97 Å². The van der Waals surface area contributed by atoms with E-state index in [0.29, 0.717) is 4.88 Å². The second kappa shape index (κ2) is 4.31. The number of carbonyl (C=O) groups is 1. The number of rotatable bonds is 2. The second-order valence-corrected chi connectivity index (χ2v) is 4.92. The molecule has 0 saturated heterocycles. The SMILES string of the molecule is COC(=O)c1cc2cc(-c3ccco3)ccc2s1. The zero-order valence-electron chi connectivity index (χ0n) is 9.67. The lowest BCUT2D eigenvalue weighted by atomic mass is 10.1. The predicted octanol–water partition coefficient (Wildman–Crippen LogP) is 3.95. The first kappa shape index (κ1) is 11.0. The molecule has 0 amide bonds. The summed E-state index contributed by atoms with van der Waals surface area (Å²) in [5.74, 6) is 0.526. The molecule has 4 heteroatoms. The molecule has 0 unspecified atom stereocenters. The molecule has 18 heavy (non-hydrogen) atoms. The van der Waals surface area contributed by atoms with Crippen molar-refractivity contribution in [1.29, 1.82) is 0 Å². The van der Waals surface area contributed by atoms with Gasteiger partial charge in [-0.3, -0.25) is 0 Å². The van der Waals surface area contributed by atoms with Gasteiger partial charge in [0, 0.05) is 10.3 Å². The van der Waals surface area contributed by atoms with E-state index in [1.807, 2.05) is 36.4 Å². The maximum atomic E-state index is 11.5. The van der Waals surface area contributed by atoms with Crippen LogP contribution in [0.2, 0.25) is 0 Å². The average molecular weight is 258 g/mol. The van der Waals surface area contributed by atoms with Crippen molar-refractivity contribution in [2.24, 2.45) is 0 Å². The zero-order valence-corrected chi connectivity index (χ0v) is 10.5. The highest BCUT2D eigenvalue weighted by Gasteiger charge is 2.11. The van der Waals surface area contributed by atoms with E-state index < -0.39 is 0 Å². The predicted molar refractivity (Wildman–Crippen MR) is 70.9 cm³/mol. The van der Waals surface area contributed by atoms with Crippen molar-refractivity contribution in [2.45, 2.75) is 0 Å². The van der Waals surface area contributed by atoms with Crippen LogP contribution in [-0.2, 0) is 4.74 Å². The van der Waals surface area contributed by atoms with Gasteiger partial charge in [0.25, 0.3) is 0 Å². The first-order valence-corrected chi connectivity index (χ1v) is 6.25. The highest BCUT2D eigenvalue weighted by atomic mass is 32.1. The Morgan fingerprint density at radius 1 is 1.28 bits per heavy atom. The Kier molecular flexibility index (Phi) is 2.64. The van der Waals surface area contributed by atoms with Gasteiger partial charge in [-0.1, -0.05) is 0 Å². The largest absolute Gasteiger partial charge is 0.465 e. The van der Waals surface area contributed by atoms with Crippen molar-refractivity contribution >= 4 is 27.4 Å². The van der Waals surface area contributed by atoms with Gasteiger partial charge in [0.2, 0.25) is 0 Å². The van der Waals surface area contributed by atoms with Gasteiger partial charge in [-0.25, -0.2) is 4.79 Å². The molecule has 1 aromatic carbocycles. The minimum absolute atomic E-state index is 0.296. The van der Waals surface area contributed by atoms with Crippen LogP contribution in [0.25, 0.3) is 21.4 Å². The van der Waals surface area contributed by atoms with E-state index in [-0.39, 0.29) is 5.97 Å². The van der Waals surface area contributed by atoms with Crippen LogP contribution in [0.15, 0.2) is 47.1 Å². The summed E-state index contributed by atoms with van der Waals surface area (Å²) in [6.45, 7) is 0. The summed E-state index contributed by atoms with van der Waals surface area (Å²) in [6, 6.07) is 11.6. The van der Waals surface area contributed by atoms with E-state index in [2.05, 4.69) is 0 Å². The van der Waals surface area contributed by atoms with Crippen LogP contribution in [-0.4, -0.2) is 13.1 Å². The molecule has 2 heterocycles. The minimum Gasteiger partial charge on any atom is -0.465 e. The van der Waals surface area contributed by atoms with Gasteiger partial charge in [-0.15, -0.1) is 11.3 Å². The fraction of sp³-hybridized carbons (Fsp3) is 0.0714. The van der Waals surface area contributed by atoms with Gasteiger partial charge < -0.3 is 9.15 Å². The van der Waals surface area contributed by atoms with Crippen LogP contribution in [0.4, 0.5) is 0 Å². The van der Waals surface area contributed by atoms with Crippen molar-refractivity contribution < 1.29 is 13.9 Å². The molecular formula is C14H10O3S. The lowest BCUT2D eigenvalue weighted by molar-refractivity contribution is 0.0606. The molecule has 0 aliphatic rings. The van der Waals surface area contributed by atoms with Crippen LogP contribution in [0.5, 0.6) is 0 Å². The summed E-state index contributed by atoms with van der Waals surface area (Å²) >= 11 is 1.43. The quantitative estimate of drug-likeness (QED) is 0.653. The molecule has 0 aliphatic heterocycles. The number of hydrogen-bond acceptors (Lipinski definition) is 4. The van der Waals surface area contributed by atoms with Crippen molar-refractivity contribution in [3.8, 4) is 11.3 Å². The van der Waals surface area contributed by atoms with Crippen molar-refractivity contribution in [3.05, 3.63) is 47.5 Å². The Bertz CT molecular complexity index is 695. The number of fused-ring (bicyclic) bond motifs is 1. The molecule has 3 aromatic rings. The smallest absolute Gasteiger partial charge is 0.348 e. The third kappa shape index (κ3) is 1.80. The van der Waals surface area contributed by atoms with Crippen LogP contribution < -0.4 is 0 Å². The summed E-state index contributed by atoms with van der Waals surface area (Å²) in [7, 11) is 1.39. The lowest BCUT2D eigenvalue weighted by Crippen LogP contribution is -1.96. The Morgan fingerprint density at radius 3 is 2.89 bits per heavy atom. The molecule has 0 atom stereocenters. The third-order valence-corrected chi connectivity index (χ3v) is 3.80. The molecule has 3 rings (SSSR count). The molecule has 2 aromatic heterocycles. The highest BCUT2D eigenvalue weighted by molar-refractivity contribution is 7.20. The molecule has 3 nitrogen and oxygen atoms in total. The average Bonchev–Trinajstić information content (AvgIpc) is 3.05. The van der Waals surface area contributed by atoms with Crippen molar-refractivity contribution in [3.63, 3.8) is 0 Å². The number of furan rings is 1. The summed E-state index contributed by atoms with van der Waals surface area (Å²) in [4.78, 5) is 12.1. The van der Waals surface area contributed by atoms with Crippen LogP contribution in [0.3, 0.4) is 0 Å². The number of carbonyl (C=O) groups excluding carboxylic acids is 1. The number of benzene rings is 1. The first-order valence-electron chi connectivity index (χ1n) is 5.44. The lowest BCUT2D eigenvalue weighted by Gasteiger charge is -1.96. The van der Waals surface area contributed by atoms with Crippen LogP contribution >= 0.6 is 11.3 Å². The number of esters is 1. The summed E-state index contributed by atoms with van der Waals surface area (Å²) in [5.41, 5.74) is 1.00. The maximum Gasteiger partial charge on any atom is 0.348 e. The number of ether oxygens (including phenoxy) is 1. The highest BCUT2D eigenvalue weighted by Crippen LogP contribution is 2.30. The van der Waals surface area contributed by atoms with E-state index >= 15 is 0 Å². The molecule has 0 aliphatic carbocycles. The van der Waals surface area contributed by atoms with Crippen LogP contribution in [0.1, 0.15) is 9.67 Å². The maximum absolute atomic E-state index is 11.5. The van der Waals surface area contributed by atoms with E-state index in [1.165, 1.54) is 18.4 Å². The Morgan fingerprint density at radius 2 is 2.17 bits per heavy atom. The summed E-state index contributed by atoms with van der Waals surface area (Å²) in [6.07, 6.45) is 1.65. The third-order valence-electron chi connectivity index (χ3n) is 2.71. The molecule has 0 N–H and O–H groups in total. The first-order chi connectivity index (χ1) is 8.78. The van der Waals surface area contributed by atoms with Gasteiger partial charge in [-0.2, -0.15) is 0 Å². The second-order valence-electron chi connectivity index (χ2n) is 3.83. The van der Waals surface area contributed by atoms with Gasteiger partial charge in [-0.05, 0) is 41.8 Å². The molecule has 0 radical (unpaired) electrons. The van der Waals surface area contributed by atoms with Gasteiger partial charge in [0.05, 0.1) is 13.4 Å². The van der Waals surface area contributed by atoms with E-state index in [0.717, 1.165) is 21.4 Å². The van der Waals surface area contributed by atoms with Gasteiger partial charge in [0.1, 0.15) is 10.6 Å². The van der Waals surface area contributed by atoms with Crippen LogP contribution in [0, 0.1) is 0 Å². The molecular weight excluding hydrogens is 248 g/mol. The summed E-state index contributed by atoms with van der Waals surface area (Å²) < 4.78 is 11.1. The molecule has 0 saturated carbocycles. The fourth-order valence-electron chi connectivity index (χ4n) is 1.84. The Hall–Kier alpha value is -2.07. The molecule has 0 spiro atoms. The normalized spacial score (nSPS) is 10.7. The van der Waals surface area contributed by atoms with Crippen molar-refractivity contribution in [2.75, 3.05) is 7.11 Å². The van der Waals surface area contributed by atoms with E-state index in [4.69, 9.17) is 9.15 Å². The zero-order chi connectivity index (χ0) is 12.5. The monoisotopic (exact) mass is 258 g/mol. The number of methoxy groups -OCH3 is 1. The molecule has 90 valence electrons. The van der Waals surface area contributed by atoms with Crippen molar-refractivity contribution in [1.82, 2.24) is 0 Å². The standard InChI is InChI=1S/C14H10O3S/c1-16-14(15)13-8-10-7-9(4-5-12(10)18-13)11-3-2-6-17-11/h2-8H,1H3. The Balaban J connectivity index is 2.10. The van der Waals surface area contributed by atoms with E-state index in [9.17, 15) is 4.79 Å². The molecule has 0 bridgehead atoms. The fourth-order valence-corrected chi connectivity index (χ4v) is 2.80. The molecule has 0 fully saturated rings. The Labute approximate surface area is 108 Å². The number of hydrogen-bond donors (Lipinski definition) is 0. The number of thiophene rings is 1. The van der Waals surface area contributed by atoms with Gasteiger partial charge in [0.15, 0.2) is 0 Å². The summed E-state index contributed by atoms with van der Waals surface area (Å²) in [5, 5.41) is 1.02. The topological polar surface area (TPSA) is 39.4 Å². The van der Waals surface area contributed by atoms with E-state index in [1.54, 1.807) is 6.26 Å². The minimum atomic E-state index is -0.296.